The summed E-state index contributed by atoms with van der Waals surface area (Å²) in [7, 11) is 1.42. The van der Waals surface area contributed by atoms with Gasteiger partial charge in [-0.3, -0.25) is 0 Å². The number of rotatable bonds is 1. The highest BCUT2D eigenvalue weighted by Crippen LogP contribution is 2.38. The van der Waals surface area contributed by atoms with E-state index >= 15 is 0 Å². The molecule has 84 valence electrons. The fourth-order valence-corrected chi connectivity index (χ4v) is 2.46. The van der Waals surface area contributed by atoms with Gasteiger partial charge in [0, 0.05) is 0 Å². The first-order valence-corrected chi connectivity index (χ1v) is 5.59. The molecule has 2 heteroatoms. The summed E-state index contributed by atoms with van der Waals surface area (Å²) < 4.78 is 4.82. The highest BCUT2D eigenvalue weighted by molar-refractivity contribution is 5.95. The first-order valence-electron chi connectivity index (χ1n) is 5.59. The van der Waals surface area contributed by atoms with Crippen molar-refractivity contribution in [2.75, 3.05) is 7.11 Å². The van der Waals surface area contributed by atoms with Crippen molar-refractivity contribution in [2.45, 2.75) is 6.42 Å². The second-order valence-electron chi connectivity index (χ2n) is 4.16. The molecule has 17 heavy (non-hydrogen) atoms. The average Bonchev–Trinajstić information content (AvgIpc) is 2.76. The molecular weight excluding hydrogens is 212 g/mol. The molecule has 3 rings (SSSR count). The number of esters is 1. The van der Waals surface area contributed by atoms with Gasteiger partial charge in [-0.05, 0) is 34.7 Å². The molecule has 1 aliphatic rings. The lowest BCUT2D eigenvalue weighted by Crippen LogP contribution is -2.04. The molecule has 2 nitrogen and oxygen atoms in total. The quantitative estimate of drug-likeness (QED) is 0.594. The van der Waals surface area contributed by atoms with Crippen LogP contribution in [0.5, 0.6) is 0 Å². The Morgan fingerprint density at radius 2 is 1.82 bits per heavy atom. The number of ether oxygens (including phenoxy) is 1. The molecular formula is C15H12O2. The van der Waals surface area contributed by atoms with Crippen LogP contribution in [0.3, 0.4) is 0 Å². The maximum Gasteiger partial charge on any atom is 0.338 e. The summed E-state index contributed by atoms with van der Waals surface area (Å²) >= 11 is 0. The Balaban J connectivity index is 2.20. The van der Waals surface area contributed by atoms with E-state index in [1.54, 1.807) is 0 Å². The third-order valence-corrected chi connectivity index (χ3v) is 3.26. The number of methoxy groups -OCH3 is 1. The summed E-state index contributed by atoms with van der Waals surface area (Å²) in [6.45, 7) is 0. The van der Waals surface area contributed by atoms with Crippen LogP contribution in [0.2, 0.25) is 0 Å². The van der Waals surface area contributed by atoms with E-state index in [9.17, 15) is 4.79 Å². The lowest BCUT2D eigenvalue weighted by Gasteiger charge is -2.05. The van der Waals surface area contributed by atoms with Crippen LogP contribution in [0.15, 0.2) is 42.5 Å². The van der Waals surface area contributed by atoms with E-state index in [1.807, 2.05) is 24.3 Å². The Labute approximate surface area is 99.9 Å². The van der Waals surface area contributed by atoms with Gasteiger partial charge in [0.2, 0.25) is 0 Å². The van der Waals surface area contributed by atoms with Gasteiger partial charge in [0.05, 0.1) is 12.7 Å². The maximum atomic E-state index is 11.7. The standard InChI is InChI=1S/C15H12O2/c1-17-15(16)13-8-4-7-12-11-6-3-2-5-10(11)9-14(12)13/h2-8H,9H2,1H3. The van der Waals surface area contributed by atoms with Gasteiger partial charge in [0.15, 0.2) is 0 Å². The maximum absolute atomic E-state index is 11.7. The number of carbonyl (C=O) groups is 1. The minimum atomic E-state index is -0.255. The molecule has 0 saturated heterocycles. The minimum absolute atomic E-state index is 0.255. The van der Waals surface area contributed by atoms with Crippen LogP contribution < -0.4 is 0 Å². The van der Waals surface area contributed by atoms with Gasteiger partial charge in [-0.25, -0.2) is 4.79 Å². The Hall–Kier alpha value is -2.09. The fraction of sp³-hybridized carbons (Fsp3) is 0.133. The Morgan fingerprint density at radius 1 is 1.06 bits per heavy atom. The molecule has 0 N–H and O–H groups in total. The molecule has 0 radical (unpaired) electrons. The zero-order valence-corrected chi connectivity index (χ0v) is 9.57. The highest BCUT2D eigenvalue weighted by atomic mass is 16.5. The summed E-state index contributed by atoms with van der Waals surface area (Å²) in [5.74, 6) is -0.255. The van der Waals surface area contributed by atoms with Crippen molar-refractivity contribution in [3.05, 3.63) is 59.2 Å². The van der Waals surface area contributed by atoms with Gasteiger partial charge >= 0.3 is 5.97 Å². The lowest BCUT2D eigenvalue weighted by molar-refractivity contribution is 0.0600. The first kappa shape index (κ1) is 10.1. The number of hydrogen-bond acceptors (Lipinski definition) is 2. The van der Waals surface area contributed by atoms with Crippen LogP contribution in [0.25, 0.3) is 11.1 Å². The van der Waals surface area contributed by atoms with Crippen molar-refractivity contribution < 1.29 is 9.53 Å². The zero-order valence-electron chi connectivity index (χ0n) is 9.57. The molecule has 0 unspecified atom stereocenters. The van der Waals surface area contributed by atoms with E-state index in [-0.39, 0.29) is 5.97 Å². The molecule has 0 saturated carbocycles. The third kappa shape index (κ3) is 1.45. The van der Waals surface area contributed by atoms with Gasteiger partial charge in [0.1, 0.15) is 0 Å². The smallest absolute Gasteiger partial charge is 0.338 e. The van der Waals surface area contributed by atoms with E-state index in [0.29, 0.717) is 5.56 Å². The Bertz CT molecular complexity index is 600. The molecule has 0 fully saturated rings. The van der Waals surface area contributed by atoms with Crippen LogP contribution in [0.1, 0.15) is 21.5 Å². The largest absolute Gasteiger partial charge is 0.465 e. The van der Waals surface area contributed by atoms with E-state index in [4.69, 9.17) is 4.74 Å². The SMILES string of the molecule is COC(=O)c1cccc2c1Cc1ccccc1-2. The second-order valence-corrected chi connectivity index (χ2v) is 4.16. The van der Waals surface area contributed by atoms with Crippen LogP contribution in [0.4, 0.5) is 0 Å². The Morgan fingerprint density at radius 3 is 2.65 bits per heavy atom. The molecule has 0 heterocycles. The minimum Gasteiger partial charge on any atom is -0.465 e. The normalized spacial score (nSPS) is 11.8. The van der Waals surface area contributed by atoms with Crippen molar-refractivity contribution >= 4 is 5.97 Å². The van der Waals surface area contributed by atoms with Crippen LogP contribution in [-0.4, -0.2) is 13.1 Å². The number of benzene rings is 2. The summed E-state index contributed by atoms with van der Waals surface area (Å²) in [5, 5.41) is 0. The van der Waals surface area contributed by atoms with Gasteiger partial charge in [-0.2, -0.15) is 0 Å². The molecule has 0 spiro atoms. The molecule has 0 atom stereocenters. The lowest BCUT2D eigenvalue weighted by atomic mass is 10.0. The van der Waals surface area contributed by atoms with Crippen molar-refractivity contribution in [3.8, 4) is 11.1 Å². The van der Waals surface area contributed by atoms with Crippen molar-refractivity contribution in [1.82, 2.24) is 0 Å². The zero-order chi connectivity index (χ0) is 11.8. The molecule has 2 aromatic rings. The summed E-state index contributed by atoms with van der Waals surface area (Å²) in [6.07, 6.45) is 0.816. The van der Waals surface area contributed by atoms with Gasteiger partial charge in [-0.15, -0.1) is 0 Å². The van der Waals surface area contributed by atoms with Crippen LogP contribution in [0, 0.1) is 0 Å². The summed E-state index contributed by atoms with van der Waals surface area (Å²) in [6, 6.07) is 14.1. The van der Waals surface area contributed by atoms with E-state index < -0.39 is 0 Å². The molecule has 0 bridgehead atoms. The van der Waals surface area contributed by atoms with Crippen molar-refractivity contribution in [2.24, 2.45) is 0 Å². The van der Waals surface area contributed by atoms with Gasteiger partial charge in [0.25, 0.3) is 0 Å². The first-order chi connectivity index (χ1) is 8.31. The third-order valence-electron chi connectivity index (χ3n) is 3.26. The highest BCUT2D eigenvalue weighted by Gasteiger charge is 2.23. The number of hydrogen-bond donors (Lipinski definition) is 0. The predicted octanol–water partition coefficient (Wildman–Crippen LogP) is 3.04. The second kappa shape index (κ2) is 3.74. The molecule has 1 aliphatic carbocycles. The molecule has 2 aromatic carbocycles. The van der Waals surface area contributed by atoms with Gasteiger partial charge < -0.3 is 4.74 Å². The monoisotopic (exact) mass is 224 g/mol. The molecule has 0 aromatic heterocycles. The van der Waals surface area contributed by atoms with Gasteiger partial charge in [-0.1, -0.05) is 36.4 Å². The van der Waals surface area contributed by atoms with E-state index in [1.165, 1.54) is 18.2 Å². The average molecular weight is 224 g/mol. The topological polar surface area (TPSA) is 26.3 Å². The van der Waals surface area contributed by atoms with Crippen LogP contribution in [-0.2, 0) is 11.2 Å². The Kier molecular flexibility index (Phi) is 2.22. The summed E-state index contributed by atoms with van der Waals surface area (Å²) in [5.41, 5.74) is 5.43. The van der Waals surface area contributed by atoms with E-state index in [2.05, 4.69) is 18.2 Å². The van der Waals surface area contributed by atoms with E-state index in [0.717, 1.165) is 17.5 Å². The van der Waals surface area contributed by atoms with Crippen LogP contribution >= 0.6 is 0 Å². The van der Waals surface area contributed by atoms with Crippen molar-refractivity contribution in [1.29, 1.82) is 0 Å². The predicted molar refractivity (Wildman–Crippen MR) is 66.0 cm³/mol. The van der Waals surface area contributed by atoms with Crippen molar-refractivity contribution in [3.63, 3.8) is 0 Å². The summed E-state index contributed by atoms with van der Waals surface area (Å²) in [4.78, 5) is 11.7. The number of fused-ring (bicyclic) bond motifs is 3. The number of carbonyl (C=O) groups excluding carboxylic acids is 1. The molecule has 0 aliphatic heterocycles. The molecule has 0 amide bonds. The fourth-order valence-electron chi connectivity index (χ4n) is 2.46.